The molecule has 6 heteroatoms. The Balaban J connectivity index is 1.86. The first-order chi connectivity index (χ1) is 10.5. The second kappa shape index (κ2) is 5.70. The van der Waals surface area contributed by atoms with Crippen LogP contribution in [0.3, 0.4) is 0 Å². The summed E-state index contributed by atoms with van der Waals surface area (Å²) in [6.45, 7) is 0.814. The first kappa shape index (κ1) is 15.0. The van der Waals surface area contributed by atoms with Gasteiger partial charge in [0.15, 0.2) is 0 Å². The van der Waals surface area contributed by atoms with Gasteiger partial charge >= 0.3 is 10.2 Å². The number of halogens is 1. The quantitative estimate of drug-likeness (QED) is 0.872. The van der Waals surface area contributed by atoms with E-state index in [9.17, 15) is 12.8 Å². The predicted molar refractivity (Wildman–Crippen MR) is 84.3 cm³/mol. The van der Waals surface area contributed by atoms with Crippen LogP contribution in [-0.4, -0.2) is 26.3 Å². The van der Waals surface area contributed by atoms with Gasteiger partial charge in [-0.2, -0.15) is 12.7 Å². The van der Waals surface area contributed by atoms with Gasteiger partial charge in [0.2, 0.25) is 0 Å². The molecule has 2 aromatic carbocycles. The smallest absolute Gasteiger partial charge is 0.261 e. The third kappa shape index (κ3) is 2.71. The predicted octanol–water partition coefficient (Wildman–Crippen LogP) is 2.57. The molecule has 0 atom stereocenters. The lowest BCUT2D eigenvalue weighted by Gasteiger charge is -2.32. The van der Waals surface area contributed by atoms with Crippen LogP contribution in [0.4, 0.5) is 10.1 Å². The highest BCUT2D eigenvalue weighted by atomic mass is 32.2. The molecular weight excluding hydrogens is 303 g/mol. The highest BCUT2D eigenvalue weighted by Crippen LogP contribution is 2.25. The minimum absolute atomic E-state index is 0.365. The Morgan fingerprint density at radius 2 is 1.68 bits per heavy atom. The van der Waals surface area contributed by atoms with E-state index < -0.39 is 10.2 Å². The van der Waals surface area contributed by atoms with Crippen LogP contribution in [0.5, 0.6) is 0 Å². The molecule has 0 radical (unpaired) electrons. The maximum absolute atomic E-state index is 13.0. The van der Waals surface area contributed by atoms with E-state index in [0.29, 0.717) is 25.2 Å². The molecule has 0 spiro atoms. The molecule has 0 saturated carbocycles. The molecule has 0 bridgehead atoms. The van der Waals surface area contributed by atoms with Crippen molar-refractivity contribution < 1.29 is 12.8 Å². The molecule has 1 heterocycles. The maximum atomic E-state index is 13.0. The fourth-order valence-electron chi connectivity index (χ4n) is 2.62. The van der Waals surface area contributed by atoms with E-state index in [1.165, 1.54) is 45.5 Å². The van der Waals surface area contributed by atoms with Gasteiger partial charge in [0.1, 0.15) is 5.82 Å². The molecule has 0 saturated heterocycles. The van der Waals surface area contributed by atoms with Crippen molar-refractivity contribution in [3.8, 4) is 0 Å². The average molecular weight is 320 g/mol. The first-order valence-electron chi connectivity index (χ1n) is 7.05. The normalized spacial score (nSPS) is 15.4. The van der Waals surface area contributed by atoms with E-state index in [1.54, 1.807) is 0 Å². The summed E-state index contributed by atoms with van der Waals surface area (Å²) in [5, 5.41) is 0. The van der Waals surface area contributed by atoms with Crippen LogP contribution in [0.15, 0.2) is 48.5 Å². The summed E-state index contributed by atoms with van der Waals surface area (Å²) in [7, 11) is -2.14. The lowest BCUT2D eigenvalue weighted by Crippen LogP contribution is -2.44. The SMILES string of the molecule is CN(c1ccc(F)cc1)S(=O)(=O)N1CCc2ccccc2C1. The summed E-state index contributed by atoms with van der Waals surface area (Å²) in [4.78, 5) is 0. The van der Waals surface area contributed by atoms with Crippen molar-refractivity contribution in [3.05, 3.63) is 65.5 Å². The van der Waals surface area contributed by atoms with Crippen LogP contribution in [0, 0.1) is 5.82 Å². The minimum Gasteiger partial charge on any atom is -0.261 e. The zero-order chi connectivity index (χ0) is 15.7. The Kier molecular flexibility index (Phi) is 3.88. The Bertz CT molecular complexity index is 775. The molecule has 0 fully saturated rings. The molecule has 0 N–H and O–H groups in total. The number of hydrogen-bond donors (Lipinski definition) is 0. The molecule has 22 heavy (non-hydrogen) atoms. The van der Waals surface area contributed by atoms with Gasteiger partial charge in [-0.3, -0.25) is 4.31 Å². The molecule has 2 aromatic rings. The molecule has 1 aliphatic heterocycles. The molecule has 0 amide bonds. The monoisotopic (exact) mass is 320 g/mol. The van der Waals surface area contributed by atoms with Crippen molar-refractivity contribution in [2.24, 2.45) is 0 Å². The summed E-state index contributed by atoms with van der Waals surface area (Å²) in [5.41, 5.74) is 2.67. The summed E-state index contributed by atoms with van der Waals surface area (Å²) in [5.74, 6) is -0.388. The fourth-order valence-corrected chi connectivity index (χ4v) is 3.98. The van der Waals surface area contributed by atoms with Crippen molar-refractivity contribution in [2.75, 3.05) is 17.9 Å². The second-order valence-corrected chi connectivity index (χ2v) is 7.26. The average Bonchev–Trinajstić information content (AvgIpc) is 2.54. The van der Waals surface area contributed by atoms with Crippen LogP contribution in [0.2, 0.25) is 0 Å². The molecule has 0 aliphatic carbocycles. The van der Waals surface area contributed by atoms with Crippen molar-refractivity contribution in [3.63, 3.8) is 0 Å². The van der Waals surface area contributed by atoms with Gasteiger partial charge in [0, 0.05) is 20.1 Å². The topological polar surface area (TPSA) is 40.6 Å². The van der Waals surface area contributed by atoms with E-state index in [2.05, 4.69) is 0 Å². The van der Waals surface area contributed by atoms with Gasteiger partial charge in [0.05, 0.1) is 5.69 Å². The van der Waals surface area contributed by atoms with Crippen LogP contribution in [0.1, 0.15) is 11.1 Å². The summed E-state index contributed by atoms with van der Waals surface area (Å²) < 4.78 is 41.1. The van der Waals surface area contributed by atoms with Gasteiger partial charge in [0.25, 0.3) is 0 Å². The molecule has 3 rings (SSSR count). The standard InChI is InChI=1S/C16H17FN2O2S/c1-18(16-8-6-15(17)7-9-16)22(20,21)19-11-10-13-4-2-3-5-14(13)12-19/h2-9H,10-12H2,1H3. The maximum Gasteiger partial charge on any atom is 0.304 e. The number of fused-ring (bicyclic) bond motifs is 1. The number of nitrogens with zero attached hydrogens (tertiary/aromatic N) is 2. The molecule has 4 nitrogen and oxygen atoms in total. The minimum atomic E-state index is -3.63. The molecule has 1 aliphatic rings. The Labute approximate surface area is 130 Å². The van der Waals surface area contributed by atoms with Crippen LogP contribution in [-0.2, 0) is 23.2 Å². The number of hydrogen-bond acceptors (Lipinski definition) is 2. The van der Waals surface area contributed by atoms with Gasteiger partial charge in [-0.25, -0.2) is 4.39 Å². The number of rotatable bonds is 3. The lowest BCUT2D eigenvalue weighted by atomic mass is 10.0. The van der Waals surface area contributed by atoms with Crippen LogP contribution in [0.25, 0.3) is 0 Å². The number of benzene rings is 2. The van der Waals surface area contributed by atoms with Gasteiger partial charge in [-0.15, -0.1) is 0 Å². The van der Waals surface area contributed by atoms with Gasteiger partial charge in [-0.1, -0.05) is 24.3 Å². The van der Waals surface area contributed by atoms with Gasteiger partial charge < -0.3 is 0 Å². The van der Waals surface area contributed by atoms with E-state index in [1.807, 2.05) is 24.3 Å². The largest absolute Gasteiger partial charge is 0.304 e. The molecule has 0 aromatic heterocycles. The Hall–Kier alpha value is -1.92. The van der Waals surface area contributed by atoms with Crippen molar-refractivity contribution in [1.29, 1.82) is 0 Å². The van der Waals surface area contributed by atoms with Crippen LogP contribution >= 0.6 is 0 Å². The van der Waals surface area contributed by atoms with Crippen molar-refractivity contribution in [1.82, 2.24) is 4.31 Å². The fraction of sp³-hybridized carbons (Fsp3) is 0.250. The lowest BCUT2D eigenvalue weighted by molar-refractivity contribution is 0.390. The van der Waals surface area contributed by atoms with Crippen LogP contribution < -0.4 is 4.31 Å². The van der Waals surface area contributed by atoms with E-state index >= 15 is 0 Å². The first-order valence-corrected chi connectivity index (χ1v) is 8.44. The highest BCUT2D eigenvalue weighted by molar-refractivity contribution is 7.90. The van der Waals surface area contributed by atoms with Gasteiger partial charge in [-0.05, 0) is 41.8 Å². The molecule has 0 unspecified atom stereocenters. The van der Waals surface area contributed by atoms with E-state index in [-0.39, 0.29) is 5.82 Å². The third-order valence-corrected chi connectivity index (χ3v) is 5.83. The highest BCUT2D eigenvalue weighted by Gasteiger charge is 2.30. The summed E-state index contributed by atoms with van der Waals surface area (Å²) in [6.07, 6.45) is 0.701. The third-order valence-electron chi connectivity index (χ3n) is 3.96. The van der Waals surface area contributed by atoms with Crippen molar-refractivity contribution >= 4 is 15.9 Å². The summed E-state index contributed by atoms with van der Waals surface area (Å²) >= 11 is 0. The second-order valence-electron chi connectivity index (χ2n) is 5.30. The van der Waals surface area contributed by atoms with Crippen molar-refractivity contribution in [2.45, 2.75) is 13.0 Å². The Morgan fingerprint density at radius 1 is 1.05 bits per heavy atom. The van der Waals surface area contributed by atoms with E-state index in [4.69, 9.17) is 0 Å². The Morgan fingerprint density at radius 3 is 2.36 bits per heavy atom. The summed E-state index contributed by atoms with van der Waals surface area (Å²) in [6, 6.07) is 13.3. The zero-order valence-corrected chi connectivity index (χ0v) is 13.1. The molecule has 116 valence electrons. The molecular formula is C16H17FN2O2S. The zero-order valence-electron chi connectivity index (χ0n) is 12.2. The van der Waals surface area contributed by atoms with E-state index in [0.717, 1.165) is 5.56 Å². The number of anilines is 1.